The van der Waals surface area contributed by atoms with E-state index in [1.807, 2.05) is 0 Å². The summed E-state index contributed by atoms with van der Waals surface area (Å²) >= 11 is 5.95. The van der Waals surface area contributed by atoms with Crippen LogP contribution in [0.4, 0.5) is 5.69 Å². The number of carboxylic acids is 1. The van der Waals surface area contributed by atoms with Gasteiger partial charge in [0.1, 0.15) is 12.4 Å². The maximum Gasteiger partial charge on any atom is 0.306 e. The van der Waals surface area contributed by atoms with Crippen molar-refractivity contribution < 1.29 is 27.9 Å². The Hall–Kier alpha value is -1.80. The molecule has 2 N–H and O–H groups in total. The number of hydrogen-bond donors (Lipinski definition) is 2. The molecular formula is C16H20ClNO6S. The average molecular weight is 390 g/mol. The lowest BCUT2D eigenvalue weighted by molar-refractivity contribution is -0.141. The van der Waals surface area contributed by atoms with Crippen LogP contribution in [-0.2, 0) is 19.4 Å². The van der Waals surface area contributed by atoms with Crippen molar-refractivity contribution in [2.24, 2.45) is 11.8 Å². The van der Waals surface area contributed by atoms with Crippen molar-refractivity contribution in [2.75, 3.05) is 23.9 Å². The van der Waals surface area contributed by atoms with E-state index in [1.54, 1.807) is 12.1 Å². The van der Waals surface area contributed by atoms with Gasteiger partial charge in [0.05, 0.1) is 17.4 Å². The molecule has 0 heterocycles. The summed E-state index contributed by atoms with van der Waals surface area (Å²) in [5.74, 6) is -1.90. The Morgan fingerprint density at radius 1 is 1.32 bits per heavy atom. The van der Waals surface area contributed by atoms with Crippen molar-refractivity contribution in [2.45, 2.75) is 19.3 Å². The molecule has 0 unspecified atom stereocenters. The fourth-order valence-electron chi connectivity index (χ4n) is 2.71. The van der Waals surface area contributed by atoms with Gasteiger partial charge in [0.15, 0.2) is 9.84 Å². The molecule has 138 valence electrons. The first-order valence-corrected chi connectivity index (χ1v) is 10.2. The lowest BCUT2D eigenvalue weighted by Crippen LogP contribution is -2.22. The Labute approximate surface area is 151 Å². The molecule has 9 heteroatoms. The second-order valence-electron chi connectivity index (χ2n) is 6.15. The molecule has 1 saturated carbocycles. The fraction of sp³-hybridized carbons (Fsp3) is 0.500. The number of amides is 1. The van der Waals surface area contributed by atoms with Crippen LogP contribution in [0, 0.1) is 11.8 Å². The van der Waals surface area contributed by atoms with Gasteiger partial charge < -0.3 is 15.2 Å². The van der Waals surface area contributed by atoms with E-state index in [0.29, 0.717) is 35.7 Å². The Morgan fingerprint density at radius 3 is 2.60 bits per heavy atom. The lowest BCUT2D eigenvalue weighted by Gasteiger charge is -2.15. The molecule has 1 aromatic carbocycles. The molecule has 0 saturated heterocycles. The number of aliphatic carboxylic acids is 1. The van der Waals surface area contributed by atoms with E-state index in [4.69, 9.17) is 21.4 Å². The largest absolute Gasteiger partial charge is 0.490 e. The second-order valence-corrected chi connectivity index (χ2v) is 8.85. The summed E-state index contributed by atoms with van der Waals surface area (Å²) in [6.07, 6.45) is 2.39. The van der Waals surface area contributed by atoms with Crippen LogP contribution in [0.15, 0.2) is 18.2 Å². The van der Waals surface area contributed by atoms with Gasteiger partial charge in [0.25, 0.3) is 0 Å². The van der Waals surface area contributed by atoms with E-state index in [-0.39, 0.29) is 24.2 Å². The van der Waals surface area contributed by atoms with Gasteiger partial charge in [0, 0.05) is 17.2 Å². The number of hydrogen-bond acceptors (Lipinski definition) is 5. The molecule has 1 aromatic rings. The highest BCUT2D eigenvalue weighted by atomic mass is 35.5. The zero-order valence-corrected chi connectivity index (χ0v) is 15.3. The topological polar surface area (TPSA) is 110 Å². The Balaban J connectivity index is 2.04. The first-order valence-electron chi connectivity index (χ1n) is 7.79. The Bertz CT molecular complexity index is 764. The predicted molar refractivity (Wildman–Crippen MR) is 93.8 cm³/mol. The monoisotopic (exact) mass is 389 g/mol. The predicted octanol–water partition coefficient (Wildman–Crippen LogP) is 2.20. The first kappa shape index (κ1) is 19.5. The summed E-state index contributed by atoms with van der Waals surface area (Å²) in [5, 5.41) is 12.1. The molecule has 1 aliphatic carbocycles. The standard InChI is InChI=1S/C16H20ClNO6S/c1-25(22,23)7-6-24-14-5-4-12(17)9-13(14)18-15(19)10-2-3-11(8-10)16(20)21/h4-5,9-11H,2-3,6-8H2,1H3,(H,18,19)(H,20,21)/t10-,11+/m1/s1. The minimum Gasteiger partial charge on any atom is -0.490 e. The first-order chi connectivity index (χ1) is 11.7. The van der Waals surface area contributed by atoms with Crippen LogP contribution in [0.3, 0.4) is 0 Å². The maximum atomic E-state index is 12.4. The number of halogens is 1. The fourth-order valence-corrected chi connectivity index (χ4v) is 3.27. The number of rotatable bonds is 7. The van der Waals surface area contributed by atoms with E-state index in [0.717, 1.165) is 6.26 Å². The van der Waals surface area contributed by atoms with E-state index in [9.17, 15) is 18.0 Å². The van der Waals surface area contributed by atoms with Crippen molar-refractivity contribution >= 4 is 39.0 Å². The SMILES string of the molecule is CS(=O)(=O)CCOc1ccc(Cl)cc1NC(=O)[C@@H]1CC[C@H](C(=O)O)C1. The van der Waals surface area contributed by atoms with Crippen molar-refractivity contribution in [1.82, 2.24) is 0 Å². The van der Waals surface area contributed by atoms with Crippen molar-refractivity contribution in [3.63, 3.8) is 0 Å². The number of carbonyl (C=O) groups is 2. The highest BCUT2D eigenvalue weighted by molar-refractivity contribution is 7.90. The number of benzene rings is 1. The molecular weight excluding hydrogens is 370 g/mol. The number of carboxylic acid groups (broad SMARTS) is 1. The highest BCUT2D eigenvalue weighted by Gasteiger charge is 2.34. The highest BCUT2D eigenvalue weighted by Crippen LogP contribution is 2.34. The Kier molecular flexibility index (Phi) is 6.29. The molecule has 2 atom stereocenters. The minimum absolute atomic E-state index is 0.0478. The van der Waals surface area contributed by atoms with E-state index < -0.39 is 21.7 Å². The zero-order valence-electron chi connectivity index (χ0n) is 13.7. The van der Waals surface area contributed by atoms with Crippen LogP contribution in [0.1, 0.15) is 19.3 Å². The van der Waals surface area contributed by atoms with E-state index in [1.165, 1.54) is 6.07 Å². The van der Waals surface area contributed by atoms with E-state index in [2.05, 4.69) is 5.32 Å². The van der Waals surface area contributed by atoms with Gasteiger partial charge in [-0.05, 0) is 37.5 Å². The van der Waals surface area contributed by atoms with Gasteiger partial charge >= 0.3 is 5.97 Å². The van der Waals surface area contributed by atoms with Crippen molar-refractivity contribution in [1.29, 1.82) is 0 Å². The van der Waals surface area contributed by atoms with Crippen LogP contribution < -0.4 is 10.1 Å². The molecule has 25 heavy (non-hydrogen) atoms. The zero-order chi connectivity index (χ0) is 18.6. The Morgan fingerprint density at radius 2 is 2.00 bits per heavy atom. The number of nitrogens with one attached hydrogen (secondary N) is 1. The van der Waals surface area contributed by atoms with Crippen molar-refractivity contribution in [3.05, 3.63) is 23.2 Å². The third kappa shape index (κ3) is 5.89. The van der Waals surface area contributed by atoms with Crippen LogP contribution in [-0.4, -0.2) is 44.0 Å². The summed E-state index contributed by atoms with van der Waals surface area (Å²) < 4.78 is 27.8. The van der Waals surface area contributed by atoms with Crippen LogP contribution >= 0.6 is 11.6 Å². The average Bonchev–Trinajstić information content (AvgIpc) is 2.98. The molecule has 1 amide bonds. The van der Waals surface area contributed by atoms with Crippen molar-refractivity contribution in [3.8, 4) is 5.75 Å². The minimum atomic E-state index is -3.16. The molecule has 2 rings (SSSR count). The summed E-state index contributed by atoms with van der Waals surface area (Å²) in [4.78, 5) is 23.4. The van der Waals surface area contributed by atoms with Gasteiger partial charge in [-0.25, -0.2) is 8.42 Å². The number of anilines is 1. The molecule has 0 aromatic heterocycles. The van der Waals surface area contributed by atoms with Gasteiger partial charge in [-0.3, -0.25) is 9.59 Å². The number of ether oxygens (including phenoxy) is 1. The molecule has 1 aliphatic rings. The second kappa shape index (κ2) is 8.05. The summed E-state index contributed by atoms with van der Waals surface area (Å²) in [6.45, 7) is -0.0478. The van der Waals surface area contributed by atoms with E-state index >= 15 is 0 Å². The molecule has 7 nitrogen and oxygen atoms in total. The normalized spacial score (nSPS) is 20.2. The third-order valence-corrected chi connectivity index (χ3v) is 5.21. The van der Waals surface area contributed by atoms with Crippen LogP contribution in [0.2, 0.25) is 5.02 Å². The summed E-state index contributed by atoms with van der Waals surface area (Å²) in [6, 6.07) is 4.64. The summed E-state index contributed by atoms with van der Waals surface area (Å²) in [5.41, 5.74) is 0.338. The van der Waals surface area contributed by atoms with Crippen LogP contribution in [0.5, 0.6) is 5.75 Å². The molecule has 1 fully saturated rings. The number of carbonyl (C=O) groups excluding carboxylic acids is 1. The molecule has 0 spiro atoms. The quantitative estimate of drug-likeness (QED) is 0.739. The maximum absolute atomic E-state index is 12.4. The third-order valence-electron chi connectivity index (χ3n) is 4.06. The van der Waals surface area contributed by atoms with Gasteiger partial charge in [-0.15, -0.1) is 0 Å². The van der Waals surface area contributed by atoms with Gasteiger partial charge in [0.2, 0.25) is 5.91 Å². The molecule has 0 aliphatic heterocycles. The van der Waals surface area contributed by atoms with Gasteiger partial charge in [-0.2, -0.15) is 0 Å². The van der Waals surface area contributed by atoms with Crippen LogP contribution in [0.25, 0.3) is 0 Å². The summed E-state index contributed by atoms with van der Waals surface area (Å²) in [7, 11) is -3.16. The molecule has 0 radical (unpaired) electrons. The molecule has 0 bridgehead atoms. The lowest BCUT2D eigenvalue weighted by atomic mass is 10.0. The number of sulfone groups is 1. The smallest absolute Gasteiger partial charge is 0.306 e. The van der Waals surface area contributed by atoms with Gasteiger partial charge in [-0.1, -0.05) is 11.6 Å².